The molecule has 0 amide bonds. The Balaban J connectivity index is 2.54. The van der Waals surface area contributed by atoms with E-state index in [1.807, 2.05) is 7.05 Å². The maximum Gasteiger partial charge on any atom is 0.0558 e. The molecule has 0 bridgehead atoms. The van der Waals surface area contributed by atoms with Crippen molar-refractivity contribution in [3.63, 3.8) is 0 Å². The fourth-order valence-corrected chi connectivity index (χ4v) is 2.87. The Morgan fingerprint density at radius 3 is 2.78 bits per heavy atom. The minimum absolute atomic E-state index is 0.232. The summed E-state index contributed by atoms with van der Waals surface area (Å²) in [4.78, 5) is 2.40. The average molecular weight is 258 g/mol. The van der Waals surface area contributed by atoms with Gasteiger partial charge in [-0.1, -0.05) is 13.3 Å². The Morgan fingerprint density at radius 1 is 1.39 bits per heavy atom. The number of nitrogens with zero attached hydrogens (tertiary/aromatic N) is 1. The number of hydrogen-bond donors (Lipinski definition) is 2. The molecule has 1 unspecified atom stereocenters. The summed E-state index contributed by atoms with van der Waals surface area (Å²) in [5.41, 5.74) is 0.232. The molecule has 1 aliphatic heterocycles. The number of aliphatic hydroxyl groups is 1. The summed E-state index contributed by atoms with van der Waals surface area (Å²) in [5.74, 6) is 0. The smallest absolute Gasteiger partial charge is 0.0558 e. The van der Waals surface area contributed by atoms with E-state index >= 15 is 0 Å². The van der Waals surface area contributed by atoms with Crippen LogP contribution in [0.25, 0.3) is 0 Å². The van der Waals surface area contributed by atoms with Crippen molar-refractivity contribution in [3.8, 4) is 0 Å². The van der Waals surface area contributed by atoms with Gasteiger partial charge in [-0.05, 0) is 32.9 Å². The molecule has 0 aromatic rings. The second-order valence-electron chi connectivity index (χ2n) is 5.54. The Morgan fingerprint density at radius 2 is 2.22 bits per heavy atom. The van der Waals surface area contributed by atoms with E-state index in [0.29, 0.717) is 0 Å². The lowest BCUT2D eigenvalue weighted by Gasteiger charge is -2.40. The van der Waals surface area contributed by atoms with Gasteiger partial charge in [0.25, 0.3) is 0 Å². The molecule has 0 radical (unpaired) electrons. The summed E-state index contributed by atoms with van der Waals surface area (Å²) >= 11 is 0. The average Bonchev–Trinajstić information content (AvgIpc) is 2.37. The highest BCUT2D eigenvalue weighted by molar-refractivity contribution is 4.87. The molecule has 18 heavy (non-hydrogen) atoms. The number of hydrogen-bond acceptors (Lipinski definition) is 4. The van der Waals surface area contributed by atoms with E-state index < -0.39 is 0 Å². The summed E-state index contributed by atoms with van der Waals surface area (Å²) in [5, 5.41) is 12.5. The Hall–Kier alpha value is -0.160. The van der Waals surface area contributed by atoms with E-state index in [2.05, 4.69) is 17.1 Å². The zero-order chi connectivity index (χ0) is 13.3. The molecule has 1 atom stereocenters. The van der Waals surface area contributed by atoms with Crippen LogP contribution in [0.2, 0.25) is 0 Å². The van der Waals surface area contributed by atoms with Crippen LogP contribution in [0, 0.1) is 5.41 Å². The summed E-state index contributed by atoms with van der Waals surface area (Å²) < 4.78 is 5.69. The predicted molar refractivity (Wildman–Crippen MR) is 74.8 cm³/mol. The minimum Gasteiger partial charge on any atom is -0.395 e. The van der Waals surface area contributed by atoms with Crippen LogP contribution in [-0.4, -0.2) is 63.1 Å². The molecule has 0 saturated carbocycles. The highest BCUT2D eigenvalue weighted by atomic mass is 16.5. The lowest BCUT2D eigenvalue weighted by Crippen LogP contribution is -2.49. The van der Waals surface area contributed by atoms with Crippen LogP contribution in [0.15, 0.2) is 0 Å². The number of rotatable bonds is 9. The van der Waals surface area contributed by atoms with Gasteiger partial charge < -0.3 is 20.1 Å². The van der Waals surface area contributed by atoms with Gasteiger partial charge in [-0.3, -0.25) is 0 Å². The van der Waals surface area contributed by atoms with Crippen molar-refractivity contribution in [2.75, 3.05) is 53.0 Å². The molecule has 4 heteroatoms. The lowest BCUT2D eigenvalue weighted by molar-refractivity contribution is -0.0273. The van der Waals surface area contributed by atoms with Gasteiger partial charge in [-0.2, -0.15) is 0 Å². The normalized spacial score (nSPS) is 24.7. The summed E-state index contributed by atoms with van der Waals surface area (Å²) in [6, 6.07) is 0. The van der Waals surface area contributed by atoms with Crippen LogP contribution in [-0.2, 0) is 4.74 Å². The third-order valence-corrected chi connectivity index (χ3v) is 3.76. The zero-order valence-electron chi connectivity index (χ0n) is 12.1. The van der Waals surface area contributed by atoms with Crippen molar-refractivity contribution in [3.05, 3.63) is 0 Å². The van der Waals surface area contributed by atoms with Crippen LogP contribution in [0.1, 0.15) is 32.6 Å². The van der Waals surface area contributed by atoms with E-state index in [4.69, 9.17) is 4.74 Å². The number of nitrogens with one attached hydrogen (secondary N) is 1. The molecule has 1 aliphatic rings. The van der Waals surface area contributed by atoms with Gasteiger partial charge in [-0.25, -0.2) is 0 Å². The highest BCUT2D eigenvalue weighted by Gasteiger charge is 2.33. The molecular weight excluding hydrogens is 228 g/mol. The Labute approximate surface area is 112 Å². The minimum atomic E-state index is 0.232. The van der Waals surface area contributed by atoms with Crippen molar-refractivity contribution in [2.45, 2.75) is 32.6 Å². The Kier molecular flexibility index (Phi) is 7.82. The lowest BCUT2D eigenvalue weighted by atomic mass is 9.81. The van der Waals surface area contributed by atoms with Crippen LogP contribution in [0.3, 0.4) is 0 Å². The quantitative estimate of drug-likeness (QED) is 0.650. The van der Waals surface area contributed by atoms with Gasteiger partial charge in [0.15, 0.2) is 0 Å². The summed E-state index contributed by atoms with van der Waals surface area (Å²) in [6.45, 7) is 8.12. The van der Waals surface area contributed by atoms with E-state index in [-0.39, 0.29) is 12.0 Å². The SMILES string of the molecule is CCCCN(CCO)CC1(CNC)CCCOC1. The predicted octanol–water partition coefficient (Wildman–Crippen LogP) is 1.10. The standard InChI is InChI=1S/C14H30N2O2/c1-3-4-7-16(8-9-17)12-14(11-15-2)6-5-10-18-13-14/h15,17H,3-13H2,1-2H3. The molecule has 0 spiro atoms. The molecule has 2 N–H and O–H groups in total. The first kappa shape index (κ1) is 15.9. The topological polar surface area (TPSA) is 44.7 Å². The second-order valence-corrected chi connectivity index (χ2v) is 5.54. The van der Waals surface area contributed by atoms with Crippen molar-refractivity contribution >= 4 is 0 Å². The summed E-state index contributed by atoms with van der Waals surface area (Å²) in [7, 11) is 2.01. The van der Waals surface area contributed by atoms with Gasteiger partial charge in [0.2, 0.25) is 0 Å². The molecule has 108 valence electrons. The van der Waals surface area contributed by atoms with Crippen LogP contribution >= 0.6 is 0 Å². The number of aliphatic hydroxyl groups excluding tert-OH is 1. The van der Waals surface area contributed by atoms with E-state index in [1.54, 1.807) is 0 Å². The summed E-state index contributed by atoms with van der Waals surface area (Å²) in [6.07, 6.45) is 4.79. The van der Waals surface area contributed by atoms with Crippen molar-refractivity contribution in [1.29, 1.82) is 0 Å². The maximum absolute atomic E-state index is 9.19. The molecular formula is C14H30N2O2. The molecule has 4 nitrogen and oxygen atoms in total. The molecule has 0 aliphatic carbocycles. The number of ether oxygens (including phenoxy) is 1. The fourth-order valence-electron chi connectivity index (χ4n) is 2.87. The Bertz CT molecular complexity index is 200. The number of unbranched alkanes of at least 4 members (excludes halogenated alkanes) is 1. The van der Waals surface area contributed by atoms with Crippen LogP contribution in [0.5, 0.6) is 0 Å². The van der Waals surface area contributed by atoms with Crippen molar-refractivity contribution in [2.24, 2.45) is 5.41 Å². The van der Waals surface area contributed by atoms with E-state index in [0.717, 1.165) is 45.8 Å². The largest absolute Gasteiger partial charge is 0.395 e. The van der Waals surface area contributed by atoms with Gasteiger partial charge in [0.05, 0.1) is 13.2 Å². The van der Waals surface area contributed by atoms with Crippen molar-refractivity contribution in [1.82, 2.24) is 10.2 Å². The van der Waals surface area contributed by atoms with Gasteiger partial charge in [-0.15, -0.1) is 0 Å². The molecule has 1 saturated heterocycles. The van der Waals surface area contributed by atoms with E-state index in [9.17, 15) is 5.11 Å². The van der Waals surface area contributed by atoms with Crippen LogP contribution < -0.4 is 5.32 Å². The first-order valence-electron chi connectivity index (χ1n) is 7.32. The molecule has 1 fully saturated rings. The molecule has 1 heterocycles. The third kappa shape index (κ3) is 5.22. The second kappa shape index (κ2) is 8.86. The van der Waals surface area contributed by atoms with Gasteiger partial charge in [0.1, 0.15) is 0 Å². The maximum atomic E-state index is 9.19. The molecule has 0 aromatic heterocycles. The fraction of sp³-hybridized carbons (Fsp3) is 1.00. The third-order valence-electron chi connectivity index (χ3n) is 3.76. The van der Waals surface area contributed by atoms with Gasteiger partial charge in [0, 0.05) is 31.7 Å². The molecule has 0 aromatic carbocycles. The first-order valence-corrected chi connectivity index (χ1v) is 7.32. The van der Waals surface area contributed by atoms with Crippen molar-refractivity contribution < 1.29 is 9.84 Å². The highest BCUT2D eigenvalue weighted by Crippen LogP contribution is 2.29. The zero-order valence-corrected chi connectivity index (χ0v) is 12.1. The van der Waals surface area contributed by atoms with E-state index in [1.165, 1.54) is 19.3 Å². The van der Waals surface area contributed by atoms with Crippen LogP contribution in [0.4, 0.5) is 0 Å². The first-order chi connectivity index (χ1) is 8.76. The monoisotopic (exact) mass is 258 g/mol. The molecule has 1 rings (SSSR count). The van der Waals surface area contributed by atoms with Gasteiger partial charge >= 0.3 is 0 Å².